The van der Waals surface area contributed by atoms with Crippen molar-refractivity contribution >= 4 is 34.3 Å². The van der Waals surface area contributed by atoms with Gasteiger partial charge >= 0.3 is 0 Å². The normalized spacial score (nSPS) is 10.9. The summed E-state index contributed by atoms with van der Waals surface area (Å²) in [5.41, 5.74) is 2.65. The smallest absolute Gasteiger partial charge is 0.291 e. The number of furan rings is 1. The fourth-order valence-electron chi connectivity index (χ4n) is 2.35. The lowest BCUT2D eigenvalue weighted by atomic mass is 10.2. The highest BCUT2D eigenvalue weighted by Crippen LogP contribution is 2.27. The Morgan fingerprint density at radius 3 is 2.79 bits per heavy atom. The second-order valence-electron chi connectivity index (χ2n) is 5.14. The minimum atomic E-state index is -0.325. The summed E-state index contributed by atoms with van der Waals surface area (Å²) in [6, 6.07) is 15.8. The summed E-state index contributed by atoms with van der Waals surface area (Å²) in [7, 11) is 0. The molecule has 4 aromatic rings. The molecule has 0 aliphatic heterocycles. The largest absolute Gasteiger partial charge is 0.459 e. The predicted octanol–water partition coefficient (Wildman–Crippen LogP) is 4.99. The number of amides is 1. The maximum Gasteiger partial charge on any atom is 0.291 e. The number of fused-ring (bicyclic) bond motifs is 1. The van der Waals surface area contributed by atoms with Gasteiger partial charge in [0, 0.05) is 22.3 Å². The van der Waals surface area contributed by atoms with Crippen LogP contribution in [0, 0.1) is 0 Å². The lowest BCUT2D eigenvalue weighted by molar-refractivity contribution is 0.0996. The summed E-state index contributed by atoms with van der Waals surface area (Å²) in [4.78, 5) is 16.4. The third kappa shape index (κ3) is 2.77. The molecule has 0 unspecified atom stereocenters. The Morgan fingerprint density at radius 2 is 2.00 bits per heavy atom. The van der Waals surface area contributed by atoms with Crippen molar-refractivity contribution in [2.45, 2.75) is 0 Å². The number of nitrogens with zero attached hydrogens (tertiary/aromatic N) is 1. The molecule has 0 radical (unpaired) electrons. The molecule has 118 valence electrons. The van der Waals surface area contributed by atoms with E-state index in [0.717, 1.165) is 5.56 Å². The Hall–Kier alpha value is -3.05. The maximum atomic E-state index is 12.0. The van der Waals surface area contributed by atoms with Gasteiger partial charge in [0.15, 0.2) is 11.3 Å². The van der Waals surface area contributed by atoms with Crippen molar-refractivity contribution in [1.29, 1.82) is 0 Å². The van der Waals surface area contributed by atoms with Gasteiger partial charge < -0.3 is 14.2 Å². The number of halogens is 1. The van der Waals surface area contributed by atoms with Gasteiger partial charge in [-0.1, -0.05) is 17.7 Å². The first-order chi connectivity index (χ1) is 11.7. The van der Waals surface area contributed by atoms with Crippen LogP contribution in [0.1, 0.15) is 10.6 Å². The summed E-state index contributed by atoms with van der Waals surface area (Å²) in [5, 5.41) is 3.37. The molecular formula is C18H11ClN2O3. The van der Waals surface area contributed by atoms with Gasteiger partial charge in [-0.3, -0.25) is 4.79 Å². The Kier molecular flexibility index (Phi) is 3.55. The van der Waals surface area contributed by atoms with Gasteiger partial charge in [0.25, 0.3) is 5.91 Å². The number of carbonyl (C=O) groups is 1. The van der Waals surface area contributed by atoms with Crippen molar-refractivity contribution in [3.8, 4) is 11.5 Å². The molecule has 5 nitrogen and oxygen atoms in total. The average molecular weight is 339 g/mol. The lowest BCUT2D eigenvalue weighted by Crippen LogP contribution is -2.10. The summed E-state index contributed by atoms with van der Waals surface area (Å²) in [6.07, 6.45) is 1.45. The number of aromatic nitrogens is 1. The fraction of sp³-hybridized carbons (Fsp3) is 0. The molecule has 0 bridgehead atoms. The summed E-state index contributed by atoms with van der Waals surface area (Å²) >= 11 is 6.00. The van der Waals surface area contributed by atoms with Crippen LogP contribution in [0.25, 0.3) is 22.6 Å². The molecule has 1 amide bonds. The molecule has 0 atom stereocenters. The van der Waals surface area contributed by atoms with Gasteiger partial charge in [0.2, 0.25) is 5.89 Å². The number of hydrogen-bond donors (Lipinski definition) is 1. The number of hydrogen-bond acceptors (Lipinski definition) is 4. The Morgan fingerprint density at radius 1 is 1.08 bits per heavy atom. The Balaban J connectivity index is 1.65. The van der Waals surface area contributed by atoms with Crippen molar-refractivity contribution in [3.05, 3.63) is 71.6 Å². The van der Waals surface area contributed by atoms with Crippen LogP contribution in [0.2, 0.25) is 5.02 Å². The summed E-state index contributed by atoms with van der Waals surface area (Å²) < 4.78 is 10.8. The Bertz CT molecular complexity index is 1020. The molecule has 0 fully saturated rings. The SMILES string of the molecule is O=C(Nc1ccc2nc(-c3cccc(Cl)c3)oc2c1)c1ccco1. The first-order valence-corrected chi connectivity index (χ1v) is 7.58. The lowest BCUT2D eigenvalue weighted by Gasteiger charge is -2.02. The monoisotopic (exact) mass is 338 g/mol. The second-order valence-corrected chi connectivity index (χ2v) is 5.58. The molecule has 2 aromatic carbocycles. The first-order valence-electron chi connectivity index (χ1n) is 7.20. The highest BCUT2D eigenvalue weighted by atomic mass is 35.5. The van der Waals surface area contributed by atoms with Crippen molar-refractivity contribution in [2.24, 2.45) is 0 Å². The quantitative estimate of drug-likeness (QED) is 0.571. The van der Waals surface area contributed by atoms with Crippen LogP contribution < -0.4 is 5.32 Å². The summed E-state index contributed by atoms with van der Waals surface area (Å²) in [6.45, 7) is 0. The maximum absolute atomic E-state index is 12.0. The molecule has 0 aliphatic carbocycles. The minimum Gasteiger partial charge on any atom is -0.459 e. The van der Waals surface area contributed by atoms with Crippen LogP contribution in [-0.4, -0.2) is 10.9 Å². The number of benzene rings is 2. The zero-order valence-electron chi connectivity index (χ0n) is 12.3. The van der Waals surface area contributed by atoms with Gasteiger partial charge in [-0.05, 0) is 42.5 Å². The molecule has 0 saturated carbocycles. The van der Waals surface area contributed by atoms with E-state index in [9.17, 15) is 4.79 Å². The number of rotatable bonds is 3. The van der Waals surface area contributed by atoms with Gasteiger partial charge in [-0.2, -0.15) is 0 Å². The highest BCUT2D eigenvalue weighted by molar-refractivity contribution is 6.30. The van der Waals surface area contributed by atoms with E-state index in [1.165, 1.54) is 6.26 Å². The van der Waals surface area contributed by atoms with Gasteiger partial charge in [-0.25, -0.2) is 4.98 Å². The van der Waals surface area contributed by atoms with E-state index in [-0.39, 0.29) is 11.7 Å². The van der Waals surface area contributed by atoms with E-state index in [4.69, 9.17) is 20.4 Å². The molecule has 0 aliphatic rings. The van der Waals surface area contributed by atoms with Crippen molar-refractivity contribution in [3.63, 3.8) is 0 Å². The number of oxazole rings is 1. The predicted molar refractivity (Wildman–Crippen MR) is 91.1 cm³/mol. The van der Waals surface area contributed by atoms with Crippen molar-refractivity contribution in [1.82, 2.24) is 4.98 Å². The molecule has 4 rings (SSSR count). The van der Waals surface area contributed by atoms with E-state index in [1.54, 1.807) is 42.5 Å². The standard InChI is InChI=1S/C18H11ClN2O3/c19-12-4-1-3-11(9-12)18-21-14-7-6-13(10-16(14)24-18)20-17(22)15-5-2-8-23-15/h1-10H,(H,20,22). The van der Waals surface area contributed by atoms with Crippen LogP contribution in [0.5, 0.6) is 0 Å². The molecule has 6 heteroatoms. The van der Waals surface area contributed by atoms with Crippen molar-refractivity contribution < 1.29 is 13.6 Å². The van der Waals surface area contributed by atoms with E-state index in [2.05, 4.69) is 10.3 Å². The van der Waals surface area contributed by atoms with Crippen molar-refractivity contribution in [2.75, 3.05) is 5.32 Å². The number of carbonyl (C=O) groups excluding carboxylic acids is 1. The third-order valence-corrected chi connectivity index (χ3v) is 3.70. The third-order valence-electron chi connectivity index (χ3n) is 3.46. The fourth-order valence-corrected chi connectivity index (χ4v) is 2.54. The zero-order chi connectivity index (χ0) is 16.5. The van der Waals surface area contributed by atoms with E-state index < -0.39 is 0 Å². The Labute approximate surface area is 141 Å². The second kappa shape index (κ2) is 5.86. The van der Waals surface area contributed by atoms with Gasteiger partial charge in [0.1, 0.15) is 5.52 Å². The van der Waals surface area contributed by atoms with E-state index in [0.29, 0.717) is 27.7 Å². The molecule has 0 spiro atoms. The molecular weight excluding hydrogens is 328 g/mol. The average Bonchev–Trinajstić information content (AvgIpc) is 3.24. The number of nitrogens with one attached hydrogen (secondary N) is 1. The molecule has 2 heterocycles. The minimum absolute atomic E-state index is 0.243. The van der Waals surface area contributed by atoms with Crippen LogP contribution >= 0.6 is 11.6 Å². The van der Waals surface area contributed by atoms with Crippen LogP contribution in [-0.2, 0) is 0 Å². The van der Waals surface area contributed by atoms with Crippen LogP contribution in [0.3, 0.4) is 0 Å². The van der Waals surface area contributed by atoms with Crippen LogP contribution in [0.15, 0.2) is 69.7 Å². The molecule has 1 N–H and O–H groups in total. The highest BCUT2D eigenvalue weighted by Gasteiger charge is 2.12. The topological polar surface area (TPSA) is 68.3 Å². The molecule has 2 aromatic heterocycles. The van der Waals surface area contributed by atoms with Gasteiger partial charge in [0.05, 0.1) is 6.26 Å². The zero-order valence-corrected chi connectivity index (χ0v) is 13.1. The first kappa shape index (κ1) is 14.5. The van der Waals surface area contributed by atoms with E-state index >= 15 is 0 Å². The van der Waals surface area contributed by atoms with Gasteiger partial charge in [-0.15, -0.1) is 0 Å². The number of anilines is 1. The van der Waals surface area contributed by atoms with E-state index in [1.807, 2.05) is 12.1 Å². The summed E-state index contributed by atoms with van der Waals surface area (Å²) in [5.74, 6) is 0.392. The molecule has 0 saturated heterocycles. The molecule has 24 heavy (non-hydrogen) atoms. The van der Waals surface area contributed by atoms with Crippen LogP contribution in [0.4, 0.5) is 5.69 Å².